The molecule has 0 amide bonds. The highest BCUT2D eigenvalue weighted by atomic mass is 16.5. The molecule has 0 aliphatic rings. The molecule has 106 valence electrons. The Kier molecular flexibility index (Phi) is 4.62. The molecule has 0 unspecified atom stereocenters. The van der Waals surface area contributed by atoms with Crippen molar-refractivity contribution >= 4 is 0 Å². The highest BCUT2D eigenvalue weighted by Crippen LogP contribution is 2.25. The quantitative estimate of drug-likeness (QED) is 0.524. The average Bonchev–Trinajstić information content (AvgIpc) is 2.49. The van der Waals surface area contributed by atoms with E-state index in [1.165, 1.54) is 6.26 Å². The molecular weight excluding hydrogens is 260 g/mol. The lowest BCUT2D eigenvalue weighted by atomic mass is 10.1. The highest BCUT2D eigenvalue weighted by Gasteiger charge is 2.02. The molecule has 2 aromatic carbocycles. The van der Waals surface area contributed by atoms with Crippen molar-refractivity contribution in [2.24, 2.45) is 0 Å². The monoisotopic (exact) mass is 278 g/mol. The lowest BCUT2D eigenvalue weighted by Crippen LogP contribution is -1.93. The minimum Gasteiger partial charge on any atom is -0.466 e. The Hall–Kier alpha value is -2.74. The Morgan fingerprint density at radius 3 is 1.76 bits per heavy atom. The molecular formula is C19H18O2. The number of ether oxygens (including phenoxy) is 2. The summed E-state index contributed by atoms with van der Waals surface area (Å²) in [5.41, 5.74) is 3.03. The van der Waals surface area contributed by atoms with Gasteiger partial charge in [-0.1, -0.05) is 44.0 Å². The number of hydrogen-bond acceptors (Lipinski definition) is 2. The topological polar surface area (TPSA) is 18.5 Å². The van der Waals surface area contributed by atoms with Crippen LogP contribution in [0.3, 0.4) is 0 Å². The van der Waals surface area contributed by atoms with Gasteiger partial charge >= 0.3 is 0 Å². The molecule has 0 fully saturated rings. The van der Waals surface area contributed by atoms with E-state index in [4.69, 9.17) is 9.47 Å². The Bertz CT molecular complexity index is 649. The van der Waals surface area contributed by atoms with E-state index in [0.29, 0.717) is 5.76 Å². The fraction of sp³-hybridized carbons (Fsp3) is 0.0526. The van der Waals surface area contributed by atoms with Crippen LogP contribution in [0, 0.1) is 0 Å². The van der Waals surface area contributed by atoms with Crippen LogP contribution < -0.4 is 9.47 Å². The van der Waals surface area contributed by atoms with Gasteiger partial charge in [0, 0.05) is 0 Å². The third kappa shape index (κ3) is 3.86. The van der Waals surface area contributed by atoms with Crippen molar-refractivity contribution in [2.75, 3.05) is 0 Å². The Labute approximate surface area is 125 Å². The first-order valence-corrected chi connectivity index (χ1v) is 6.61. The maximum atomic E-state index is 5.59. The third-order valence-corrected chi connectivity index (χ3v) is 2.98. The van der Waals surface area contributed by atoms with Crippen LogP contribution in [0.2, 0.25) is 0 Å². The van der Waals surface area contributed by atoms with Gasteiger partial charge in [0.15, 0.2) is 0 Å². The molecule has 0 radical (unpaired) electrons. The molecule has 0 aliphatic heterocycles. The third-order valence-electron chi connectivity index (χ3n) is 2.98. The standard InChI is InChI=1S/C19H18O2/c1-5-20-18-10-6-16(7-11-18)17-8-12-19(13-9-17)21-15(4)14(2)3/h5-13H,1-2,4H2,3H3. The van der Waals surface area contributed by atoms with Crippen LogP contribution in [0.5, 0.6) is 11.5 Å². The largest absolute Gasteiger partial charge is 0.466 e. The van der Waals surface area contributed by atoms with Gasteiger partial charge in [-0.05, 0) is 47.9 Å². The summed E-state index contributed by atoms with van der Waals surface area (Å²) in [5.74, 6) is 2.10. The molecule has 0 aromatic heterocycles. The van der Waals surface area contributed by atoms with Crippen molar-refractivity contribution in [3.8, 4) is 22.6 Å². The molecule has 0 aliphatic carbocycles. The van der Waals surface area contributed by atoms with Crippen molar-refractivity contribution in [2.45, 2.75) is 6.92 Å². The van der Waals surface area contributed by atoms with Crippen molar-refractivity contribution in [1.29, 1.82) is 0 Å². The summed E-state index contributed by atoms with van der Waals surface area (Å²) in [6.45, 7) is 13.0. The summed E-state index contributed by atoms with van der Waals surface area (Å²) in [4.78, 5) is 0. The van der Waals surface area contributed by atoms with Crippen LogP contribution >= 0.6 is 0 Å². The second kappa shape index (κ2) is 6.62. The molecule has 0 atom stereocenters. The summed E-state index contributed by atoms with van der Waals surface area (Å²) < 4.78 is 10.8. The lowest BCUT2D eigenvalue weighted by molar-refractivity contribution is 0.439. The van der Waals surface area contributed by atoms with Gasteiger partial charge in [-0.2, -0.15) is 0 Å². The predicted molar refractivity (Wildman–Crippen MR) is 87.3 cm³/mol. The minimum absolute atomic E-state index is 0.577. The summed E-state index contributed by atoms with van der Waals surface area (Å²) in [6.07, 6.45) is 1.41. The second-order valence-corrected chi connectivity index (χ2v) is 4.64. The minimum atomic E-state index is 0.577. The lowest BCUT2D eigenvalue weighted by Gasteiger charge is -2.09. The molecule has 2 heteroatoms. The van der Waals surface area contributed by atoms with Gasteiger partial charge < -0.3 is 9.47 Å². The summed E-state index contributed by atoms with van der Waals surface area (Å²) in [6, 6.07) is 15.7. The number of benzene rings is 2. The zero-order valence-electron chi connectivity index (χ0n) is 12.1. The highest BCUT2D eigenvalue weighted by molar-refractivity contribution is 5.65. The molecule has 0 spiro atoms. The molecule has 2 rings (SSSR count). The van der Waals surface area contributed by atoms with Crippen LogP contribution in [0.1, 0.15) is 6.92 Å². The van der Waals surface area contributed by atoms with Crippen LogP contribution in [0.25, 0.3) is 11.1 Å². The molecule has 0 bridgehead atoms. The van der Waals surface area contributed by atoms with E-state index in [0.717, 1.165) is 28.2 Å². The number of rotatable bonds is 6. The van der Waals surface area contributed by atoms with E-state index >= 15 is 0 Å². The predicted octanol–water partition coefficient (Wildman–Crippen LogP) is 5.34. The Balaban J connectivity index is 2.13. The van der Waals surface area contributed by atoms with E-state index in [9.17, 15) is 0 Å². The summed E-state index contributed by atoms with van der Waals surface area (Å²) in [5, 5.41) is 0. The van der Waals surface area contributed by atoms with Crippen molar-refractivity contribution < 1.29 is 9.47 Å². The van der Waals surface area contributed by atoms with Gasteiger partial charge in [-0.3, -0.25) is 0 Å². The van der Waals surface area contributed by atoms with Gasteiger partial charge in [0.25, 0.3) is 0 Å². The maximum absolute atomic E-state index is 5.59. The van der Waals surface area contributed by atoms with Crippen LogP contribution in [0.15, 0.2) is 85.9 Å². The SMILES string of the molecule is C=COc1ccc(-c2ccc(OC(=C)C(=C)C)cc2)cc1. The first-order valence-electron chi connectivity index (χ1n) is 6.61. The van der Waals surface area contributed by atoms with Gasteiger partial charge in [-0.25, -0.2) is 0 Å². The Morgan fingerprint density at radius 1 is 0.857 bits per heavy atom. The average molecular weight is 278 g/mol. The maximum Gasteiger partial charge on any atom is 0.127 e. The van der Waals surface area contributed by atoms with Crippen molar-refractivity contribution in [3.05, 3.63) is 85.9 Å². The fourth-order valence-corrected chi connectivity index (χ4v) is 1.77. The molecule has 0 saturated carbocycles. The zero-order chi connectivity index (χ0) is 15.2. The molecule has 2 aromatic rings. The Morgan fingerprint density at radius 2 is 1.33 bits per heavy atom. The van der Waals surface area contributed by atoms with Crippen molar-refractivity contribution in [3.63, 3.8) is 0 Å². The number of hydrogen-bond donors (Lipinski definition) is 0. The van der Waals surface area contributed by atoms with Gasteiger partial charge in [0.05, 0.1) is 6.26 Å². The van der Waals surface area contributed by atoms with E-state index in [2.05, 4.69) is 19.7 Å². The second-order valence-electron chi connectivity index (χ2n) is 4.64. The smallest absolute Gasteiger partial charge is 0.127 e. The fourth-order valence-electron chi connectivity index (χ4n) is 1.77. The van der Waals surface area contributed by atoms with Crippen LogP contribution in [-0.2, 0) is 0 Å². The van der Waals surface area contributed by atoms with Gasteiger partial charge in [0.2, 0.25) is 0 Å². The summed E-state index contributed by atoms with van der Waals surface area (Å²) >= 11 is 0. The van der Waals surface area contributed by atoms with E-state index in [1.807, 2.05) is 55.5 Å². The molecule has 0 N–H and O–H groups in total. The first-order chi connectivity index (χ1) is 10.1. The summed E-state index contributed by atoms with van der Waals surface area (Å²) in [7, 11) is 0. The number of allylic oxidation sites excluding steroid dienone is 1. The van der Waals surface area contributed by atoms with E-state index in [1.54, 1.807) is 0 Å². The first kappa shape index (κ1) is 14.7. The van der Waals surface area contributed by atoms with Gasteiger partial charge in [-0.15, -0.1) is 0 Å². The van der Waals surface area contributed by atoms with E-state index < -0.39 is 0 Å². The molecule has 21 heavy (non-hydrogen) atoms. The van der Waals surface area contributed by atoms with E-state index in [-0.39, 0.29) is 0 Å². The molecule has 0 heterocycles. The molecule has 0 saturated heterocycles. The normalized spacial score (nSPS) is 9.76. The van der Waals surface area contributed by atoms with Crippen LogP contribution in [-0.4, -0.2) is 0 Å². The van der Waals surface area contributed by atoms with Gasteiger partial charge in [0.1, 0.15) is 17.3 Å². The van der Waals surface area contributed by atoms with Crippen LogP contribution in [0.4, 0.5) is 0 Å². The molecule has 2 nitrogen and oxygen atoms in total. The zero-order valence-corrected chi connectivity index (χ0v) is 12.1. The van der Waals surface area contributed by atoms with Crippen molar-refractivity contribution in [1.82, 2.24) is 0 Å².